The Balaban J connectivity index is 1.13. The summed E-state index contributed by atoms with van der Waals surface area (Å²) < 4.78 is 4.53. The summed E-state index contributed by atoms with van der Waals surface area (Å²) in [5.41, 5.74) is 11.5. The number of nitrogens with zero attached hydrogens (tertiary/aromatic N) is 8. The van der Waals surface area contributed by atoms with Crippen LogP contribution in [0.1, 0.15) is 0 Å². The number of hydrogen-bond donors (Lipinski definition) is 0. The molecular formula is C42H26N8. The first-order chi connectivity index (χ1) is 24.8. The van der Waals surface area contributed by atoms with Crippen molar-refractivity contribution in [3.05, 3.63) is 159 Å². The van der Waals surface area contributed by atoms with Gasteiger partial charge in [0.05, 0.1) is 22.7 Å². The average Bonchev–Trinajstić information content (AvgIpc) is 3.71. The van der Waals surface area contributed by atoms with E-state index in [-0.39, 0.29) is 0 Å². The quantitative estimate of drug-likeness (QED) is 0.186. The molecule has 10 aromatic rings. The molecule has 0 N–H and O–H groups in total. The van der Waals surface area contributed by atoms with Crippen molar-refractivity contribution in [3.8, 4) is 45.0 Å². The van der Waals surface area contributed by atoms with Crippen molar-refractivity contribution in [2.45, 2.75) is 0 Å². The van der Waals surface area contributed by atoms with E-state index < -0.39 is 0 Å². The van der Waals surface area contributed by atoms with E-state index in [0.717, 1.165) is 77.5 Å². The highest BCUT2D eigenvalue weighted by molar-refractivity contribution is 6.11. The van der Waals surface area contributed by atoms with E-state index in [2.05, 4.69) is 143 Å². The van der Waals surface area contributed by atoms with Gasteiger partial charge in [-0.05, 0) is 77.4 Å². The third kappa shape index (κ3) is 4.47. The molecule has 0 atom stereocenters. The van der Waals surface area contributed by atoms with E-state index in [0.29, 0.717) is 5.82 Å². The summed E-state index contributed by atoms with van der Waals surface area (Å²) in [4.78, 5) is 26.5. The number of pyridine rings is 3. The first-order valence-corrected chi connectivity index (χ1v) is 16.3. The molecule has 0 aliphatic carbocycles. The molecule has 0 spiro atoms. The van der Waals surface area contributed by atoms with Gasteiger partial charge in [0, 0.05) is 68.8 Å². The van der Waals surface area contributed by atoms with Crippen molar-refractivity contribution in [2.75, 3.05) is 0 Å². The van der Waals surface area contributed by atoms with Crippen LogP contribution in [0.3, 0.4) is 0 Å². The van der Waals surface area contributed by atoms with Crippen LogP contribution in [-0.4, -0.2) is 39.0 Å². The lowest BCUT2D eigenvalue weighted by atomic mass is 9.99. The highest BCUT2D eigenvalue weighted by Crippen LogP contribution is 2.37. The van der Waals surface area contributed by atoms with Gasteiger partial charge in [0.1, 0.15) is 18.3 Å². The van der Waals surface area contributed by atoms with Crippen LogP contribution < -0.4 is 0 Å². The van der Waals surface area contributed by atoms with Crippen LogP contribution in [0.4, 0.5) is 0 Å². The van der Waals surface area contributed by atoms with E-state index in [1.54, 1.807) is 6.20 Å². The zero-order valence-corrected chi connectivity index (χ0v) is 26.6. The summed E-state index contributed by atoms with van der Waals surface area (Å²) in [6.45, 7) is 0. The molecule has 4 aromatic carbocycles. The van der Waals surface area contributed by atoms with Gasteiger partial charge in [0.15, 0.2) is 5.82 Å². The van der Waals surface area contributed by atoms with E-state index in [1.165, 1.54) is 18.0 Å². The Kier molecular flexibility index (Phi) is 6.32. The summed E-state index contributed by atoms with van der Waals surface area (Å²) in [7, 11) is 0. The molecule has 0 unspecified atom stereocenters. The second-order valence-corrected chi connectivity index (χ2v) is 12.2. The Morgan fingerprint density at radius 1 is 0.380 bits per heavy atom. The fourth-order valence-electron chi connectivity index (χ4n) is 7.13. The summed E-state index contributed by atoms with van der Waals surface area (Å²) in [5.74, 6) is 0.595. The fraction of sp³-hybridized carbons (Fsp3) is 0. The molecule has 0 aliphatic rings. The number of benzene rings is 4. The normalized spacial score (nSPS) is 11.6. The molecule has 0 fully saturated rings. The molecule has 0 bridgehead atoms. The van der Waals surface area contributed by atoms with Gasteiger partial charge in [-0.1, -0.05) is 54.6 Å². The number of aromatic nitrogens is 8. The first kappa shape index (κ1) is 28.0. The van der Waals surface area contributed by atoms with E-state index in [9.17, 15) is 0 Å². The largest absolute Gasteiger partial charge is 0.308 e. The SMILES string of the molecule is c1cncc(-c2cccc(-c3ccc4c(c3)c3ccncc3n4-c3cccc(-n4c5ccccc5c5cc(-c6ncncn6)cnc54)c3)c2)c1. The van der Waals surface area contributed by atoms with Gasteiger partial charge in [-0.15, -0.1) is 0 Å². The highest BCUT2D eigenvalue weighted by atomic mass is 15.1. The molecule has 8 nitrogen and oxygen atoms in total. The van der Waals surface area contributed by atoms with Gasteiger partial charge in [-0.3, -0.25) is 14.5 Å². The molecular weight excluding hydrogens is 617 g/mol. The van der Waals surface area contributed by atoms with Gasteiger partial charge in [0.25, 0.3) is 0 Å². The second kappa shape index (κ2) is 11.3. The molecule has 0 amide bonds. The number of fused-ring (bicyclic) bond motifs is 6. The van der Waals surface area contributed by atoms with Crippen LogP contribution in [0.5, 0.6) is 0 Å². The minimum absolute atomic E-state index is 0.595. The smallest absolute Gasteiger partial charge is 0.164 e. The maximum Gasteiger partial charge on any atom is 0.164 e. The standard InChI is InChI=1S/C42H26N8/c1-2-12-38-34(11-1)37-20-31(41-47-25-45-26-48-41)23-46-42(37)50(38)33-10-4-9-32(21-33)49-39-14-13-29(19-36(39)35-15-17-44-24-40(35)49)27-6-3-7-28(18-27)30-8-5-16-43-22-30/h1-26H. The van der Waals surface area contributed by atoms with Gasteiger partial charge < -0.3 is 4.57 Å². The summed E-state index contributed by atoms with van der Waals surface area (Å²) in [5, 5.41) is 4.46. The third-order valence-corrected chi connectivity index (χ3v) is 9.37. The van der Waals surface area contributed by atoms with Crippen LogP contribution >= 0.6 is 0 Å². The molecule has 0 saturated carbocycles. The Morgan fingerprint density at radius 3 is 1.98 bits per heavy atom. The van der Waals surface area contributed by atoms with Gasteiger partial charge >= 0.3 is 0 Å². The van der Waals surface area contributed by atoms with Crippen molar-refractivity contribution in [2.24, 2.45) is 0 Å². The molecule has 10 rings (SSSR count). The number of hydrogen-bond acceptors (Lipinski definition) is 6. The van der Waals surface area contributed by atoms with Crippen LogP contribution in [0.25, 0.3) is 88.8 Å². The van der Waals surface area contributed by atoms with Crippen LogP contribution in [-0.2, 0) is 0 Å². The van der Waals surface area contributed by atoms with Gasteiger partial charge in [0.2, 0.25) is 0 Å². The lowest BCUT2D eigenvalue weighted by molar-refractivity contribution is 1.05. The predicted octanol–water partition coefficient (Wildman–Crippen LogP) is 9.25. The fourth-order valence-corrected chi connectivity index (χ4v) is 7.13. The maximum atomic E-state index is 4.97. The minimum Gasteiger partial charge on any atom is -0.308 e. The molecule has 0 aliphatic heterocycles. The predicted molar refractivity (Wildman–Crippen MR) is 198 cm³/mol. The molecule has 0 saturated heterocycles. The average molecular weight is 643 g/mol. The van der Waals surface area contributed by atoms with E-state index in [4.69, 9.17) is 4.98 Å². The molecule has 234 valence electrons. The van der Waals surface area contributed by atoms with Crippen molar-refractivity contribution in [1.29, 1.82) is 0 Å². The maximum absolute atomic E-state index is 4.97. The van der Waals surface area contributed by atoms with Crippen molar-refractivity contribution < 1.29 is 0 Å². The Labute approximate surface area is 286 Å². The van der Waals surface area contributed by atoms with Crippen LogP contribution in [0.2, 0.25) is 0 Å². The Bertz CT molecular complexity index is 2880. The van der Waals surface area contributed by atoms with Crippen LogP contribution in [0.15, 0.2) is 159 Å². The molecule has 8 heteroatoms. The third-order valence-electron chi connectivity index (χ3n) is 9.37. The number of para-hydroxylation sites is 1. The first-order valence-electron chi connectivity index (χ1n) is 16.3. The van der Waals surface area contributed by atoms with Crippen molar-refractivity contribution in [3.63, 3.8) is 0 Å². The molecule has 0 radical (unpaired) electrons. The molecule has 6 heterocycles. The second-order valence-electron chi connectivity index (χ2n) is 12.2. The number of rotatable bonds is 5. The molecule has 50 heavy (non-hydrogen) atoms. The molecule has 6 aromatic heterocycles. The summed E-state index contributed by atoms with van der Waals surface area (Å²) >= 11 is 0. The van der Waals surface area contributed by atoms with Gasteiger partial charge in [-0.2, -0.15) is 0 Å². The van der Waals surface area contributed by atoms with Crippen molar-refractivity contribution in [1.82, 2.24) is 39.0 Å². The lowest BCUT2D eigenvalue weighted by Gasteiger charge is -2.12. The van der Waals surface area contributed by atoms with Crippen LogP contribution in [0, 0.1) is 0 Å². The Hall–Kier alpha value is -7.06. The topological polar surface area (TPSA) is 87.2 Å². The monoisotopic (exact) mass is 642 g/mol. The zero-order chi connectivity index (χ0) is 33.0. The van der Waals surface area contributed by atoms with E-state index >= 15 is 0 Å². The van der Waals surface area contributed by atoms with Gasteiger partial charge in [-0.25, -0.2) is 19.9 Å². The summed E-state index contributed by atoms with van der Waals surface area (Å²) in [6.07, 6.45) is 12.4. The minimum atomic E-state index is 0.595. The summed E-state index contributed by atoms with van der Waals surface area (Å²) in [6, 6.07) is 40.7. The van der Waals surface area contributed by atoms with E-state index in [1.807, 2.05) is 30.9 Å². The Morgan fingerprint density at radius 2 is 1.10 bits per heavy atom. The zero-order valence-electron chi connectivity index (χ0n) is 26.6. The lowest BCUT2D eigenvalue weighted by Crippen LogP contribution is -1.99. The van der Waals surface area contributed by atoms with Crippen molar-refractivity contribution >= 4 is 43.7 Å². The highest BCUT2D eigenvalue weighted by Gasteiger charge is 2.18.